The fraction of sp³-hybridized carbons (Fsp3) is 0.0909. The van der Waals surface area contributed by atoms with Crippen LogP contribution in [0.1, 0.15) is 16.4 Å². The van der Waals surface area contributed by atoms with Gasteiger partial charge >= 0.3 is 0 Å². The van der Waals surface area contributed by atoms with Gasteiger partial charge in [0.2, 0.25) is 11.1 Å². The molecule has 0 fully saturated rings. The van der Waals surface area contributed by atoms with Gasteiger partial charge in [0.05, 0.1) is 6.54 Å². The molecule has 0 saturated heterocycles. The lowest BCUT2D eigenvalue weighted by molar-refractivity contribution is -0.115. The van der Waals surface area contributed by atoms with Gasteiger partial charge in [0.15, 0.2) is 0 Å². The minimum atomic E-state index is -0.586. The Bertz CT molecular complexity index is 1100. The largest absolute Gasteiger partial charge is 0.325 e. The average molecular weight is 419 g/mol. The van der Waals surface area contributed by atoms with Crippen molar-refractivity contribution in [3.05, 3.63) is 102 Å². The van der Waals surface area contributed by atoms with Crippen molar-refractivity contribution in [2.75, 3.05) is 5.32 Å². The van der Waals surface area contributed by atoms with Crippen molar-refractivity contribution in [2.24, 2.45) is 0 Å². The number of tetrazole rings is 1. The summed E-state index contributed by atoms with van der Waals surface area (Å²) in [5.41, 5.74) is 2.39. The second-order valence-electron chi connectivity index (χ2n) is 6.51. The van der Waals surface area contributed by atoms with Gasteiger partial charge in [-0.2, -0.15) is 0 Å². The normalized spacial score (nSPS) is 11.8. The van der Waals surface area contributed by atoms with Crippen LogP contribution in [-0.2, 0) is 11.3 Å². The highest BCUT2D eigenvalue weighted by Gasteiger charge is 2.25. The van der Waals surface area contributed by atoms with Crippen LogP contribution in [0.3, 0.4) is 0 Å². The molecule has 1 aromatic heterocycles. The van der Waals surface area contributed by atoms with Gasteiger partial charge in [-0.05, 0) is 45.8 Å². The molecule has 1 N–H and O–H groups in total. The molecule has 0 bridgehead atoms. The molecule has 6 nitrogen and oxygen atoms in total. The summed E-state index contributed by atoms with van der Waals surface area (Å²) < 4.78 is 14.8. The molecule has 4 rings (SSSR count). The van der Waals surface area contributed by atoms with E-state index in [9.17, 15) is 9.18 Å². The zero-order valence-corrected chi connectivity index (χ0v) is 16.7. The highest BCUT2D eigenvalue weighted by atomic mass is 32.2. The molecule has 30 heavy (non-hydrogen) atoms. The summed E-state index contributed by atoms with van der Waals surface area (Å²) >= 11 is 1.27. The van der Waals surface area contributed by atoms with Gasteiger partial charge in [0.25, 0.3) is 0 Å². The zero-order valence-electron chi connectivity index (χ0n) is 15.9. The SMILES string of the molecule is O=C(Nc1ccc(F)cc1)C(Sc1nnnn1Cc1ccccc1)c1ccccc1. The molecule has 8 heteroatoms. The Kier molecular flexibility index (Phi) is 6.14. The summed E-state index contributed by atoms with van der Waals surface area (Å²) in [6.45, 7) is 0.497. The lowest BCUT2D eigenvalue weighted by Gasteiger charge is -2.16. The van der Waals surface area contributed by atoms with Crippen molar-refractivity contribution in [1.29, 1.82) is 0 Å². The van der Waals surface area contributed by atoms with Crippen molar-refractivity contribution in [3.63, 3.8) is 0 Å². The number of thioether (sulfide) groups is 1. The van der Waals surface area contributed by atoms with Crippen LogP contribution >= 0.6 is 11.8 Å². The number of rotatable bonds is 7. The zero-order chi connectivity index (χ0) is 20.8. The van der Waals surface area contributed by atoms with Gasteiger partial charge in [-0.25, -0.2) is 9.07 Å². The molecule has 1 atom stereocenters. The predicted octanol–water partition coefficient (Wildman–Crippen LogP) is 4.33. The third-order valence-electron chi connectivity index (χ3n) is 4.35. The summed E-state index contributed by atoms with van der Waals surface area (Å²) in [5.74, 6) is -0.603. The van der Waals surface area contributed by atoms with Crippen LogP contribution in [0.25, 0.3) is 0 Å². The van der Waals surface area contributed by atoms with Crippen molar-refractivity contribution in [3.8, 4) is 0 Å². The second kappa shape index (κ2) is 9.32. The molecule has 0 spiro atoms. The van der Waals surface area contributed by atoms with Crippen molar-refractivity contribution >= 4 is 23.4 Å². The van der Waals surface area contributed by atoms with E-state index in [1.165, 1.54) is 36.0 Å². The van der Waals surface area contributed by atoms with E-state index in [0.717, 1.165) is 11.1 Å². The Morgan fingerprint density at radius 1 is 0.967 bits per heavy atom. The summed E-state index contributed by atoms with van der Waals surface area (Å²) in [7, 11) is 0. The molecule has 0 aliphatic heterocycles. The Balaban J connectivity index is 1.58. The van der Waals surface area contributed by atoms with Crippen LogP contribution in [-0.4, -0.2) is 26.1 Å². The standard InChI is InChI=1S/C22H18FN5OS/c23-18-11-13-19(14-12-18)24-21(29)20(17-9-5-2-6-10-17)30-22-25-26-27-28(22)15-16-7-3-1-4-8-16/h1-14,20H,15H2,(H,24,29). The molecule has 1 amide bonds. The maximum atomic E-state index is 13.2. The molecular weight excluding hydrogens is 401 g/mol. The van der Waals surface area contributed by atoms with Gasteiger partial charge in [-0.1, -0.05) is 72.4 Å². The minimum absolute atomic E-state index is 0.243. The summed E-state index contributed by atoms with van der Waals surface area (Å²) in [6, 6.07) is 24.9. The minimum Gasteiger partial charge on any atom is -0.325 e. The number of nitrogens with one attached hydrogen (secondary N) is 1. The van der Waals surface area contributed by atoms with E-state index in [0.29, 0.717) is 17.4 Å². The lowest BCUT2D eigenvalue weighted by Crippen LogP contribution is -2.19. The molecule has 1 heterocycles. The number of anilines is 1. The number of aromatic nitrogens is 4. The van der Waals surface area contributed by atoms with E-state index in [-0.39, 0.29) is 11.7 Å². The topological polar surface area (TPSA) is 72.7 Å². The van der Waals surface area contributed by atoms with E-state index in [4.69, 9.17) is 0 Å². The number of nitrogens with zero attached hydrogens (tertiary/aromatic N) is 4. The molecule has 150 valence electrons. The quantitative estimate of drug-likeness (QED) is 0.452. The number of carbonyl (C=O) groups is 1. The summed E-state index contributed by atoms with van der Waals surface area (Å²) in [6.07, 6.45) is 0. The van der Waals surface area contributed by atoms with Crippen LogP contribution in [0, 0.1) is 5.82 Å². The first-order valence-electron chi connectivity index (χ1n) is 9.27. The maximum Gasteiger partial charge on any atom is 0.242 e. The fourth-order valence-corrected chi connectivity index (χ4v) is 3.86. The number of hydrogen-bond acceptors (Lipinski definition) is 5. The number of benzene rings is 3. The Morgan fingerprint density at radius 2 is 1.63 bits per heavy atom. The smallest absolute Gasteiger partial charge is 0.242 e. The van der Waals surface area contributed by atoms with Crippen LogP contribution in [0.2, 0.25) is 0 Å². The Hall–Kier alpha value is -3.52. The van der Waals surface area contributed by atoms with Crippen LogP contribution in [0.5, 0.6) is 0 Å². The van der Waals surface area contributed by atoms with E-state index in [1.807, 2.05) is 60.7 Å². The molecule has 3 aromatic carbocycles. The third-order valence-corrected chi connectivity index (χ3v) is 5.57. The highest BCUT2D eigenvalue weighted by Crippen LogP contribution is 2.35. The predicted molar refractivity (Wildman–Crippen MR) is 113 cm³/mol. The first-order valence-corrected chi connectivity index (χ1v) is 10.1. The van der Waals surface area contributed by atoms with Gasteiger partial charge in [-0.15, -0.1) is 5.10 Å². The van der Waals surface area contributed by atoms with Crippen LogP contribution in [0.4, 0.5) is 10.1 Å². The molecule has 1 unspecified atom stereocenters. The molecular formula is C22H18FN5OS. The number of carbonyl (C=O) groups excluding carboxylic acids is 1. The Morgan fingerprint density at radius 3 is 2.33 bits per heavy atom. The van der Waals surface area contributed by atoms with Gasteiger partial charge in [0.1, 0.15) is 11.1 Å². The molecule has 0 aliphatic carbocycles. The summed E-state index contributed by atoms with van der Waals surface area (Å²) in [5, 5.41) is 14.8. The fourth-order valence-electron chi connectivity index (χ4n) is 2.88. The average Bonchev–Trinajstić information content (AvgIpc) is 3.21. The molecule has 0 radical (unpaired) electrons. The third kappa shape index (κ3) is 4.90. The van der Waals surface area contributed by atoms with Gasteiger partial charge < -0.3 is 5.32 Å². The van der Waals surface area contributed by atoms with E-state index >= 15 is 0 Å². The molecule has 0 saturated carbocycles. The monoisotopic (exact) mass is 419 g/mol. The van der Waals surface area contributed by atoms with Crippen LogP contribution in [0.15, 0.2) is 90.1 Å². The van der Waals surface area contributed by atoms with Crippen LogP contribution < -0.4 is 5.32 Å². The number of amides is 1. The van der Waals surface area contributed by atoms with E-state index < -0.39 is 5.25 Å². The number of halogens is 1. The van der Waals surface area contributed by atoms with E-state index in [2.05, 4.69) is 20.8 Å². The second-order valence-corrected chi connectivity index (χ2v) is 7.58. The van der Waals surface area contributed by atoms with Crippen molar-refractivity contribution in [1.82, 2.24) is 20.2 Å². The van der Waals surface area contributed by atoms with Gasteiger partial charge in [-0.3, -0.25) is 4.79 Å². The molecule has 4 aromatic rings. The maximum absolute atomic E-state index is 13.2. The first-order chi connectivity index (χ1) is 14.7. The first kappa shape index (κ1) is 19.8. The van der Waals surface area contributed by atoms with Gasteiger partial charge in [0, 0.05) is 5.69 Å². The molecule has 0 aliphatic rings. The highest BCUT2D eigenvalue weighted by molar-refractivity contribution is 8.00. The Labute approximate surface area is 177 Å². The summed E-state index contributed by atoms with van der Waals surface area (Å²) in [4.78, 5) is 13.1. The number of hydrogen-bond donors (Lipinski definition) is 1. The van der Waals surface area contributed by atoms with E-state index in [1.54, 1.807) is 4.68 Å². The lowest BCUT2D eigenvalue weighted by atomic mass is 10.1. The van der Waals surface area contributed by atoms with Crippen molar-refractivity contribution < 1.29 is 9.18 Å². The van der Waals surface area contributed by atoms with Crippen molar-refractivity contribution in [2.45, 2.75) is 17.0 Å².